The number of fused-ring (bicyclic) bond motifs is 1. The third-order valence-corrected chi connectivity index (χ3v) is 4.82. The Bertz CT molecular complexity index is 1060. The number of anilines is 1. The van der Waals surface area contributed by atoms with Gasteiger partial charge >= 0.3 is 0 Å². The van der Waals surface area contributed by atoms with E-state index in [9.17, 15) is 19.7 Å². The molecule has 8 nitrogen and oxygen atoms in total. The van der Waals surface area contributed by atoms with Crippen LogP contribution < -0.4 is 10.6 Å². The van der Waals surface area contributed by atoms with Gasteiger partial charge in [0.1, 0.15) is 11.2 Å². The minimum Gasteiger partial charge on any atom is -0.345 e. The van der Waals surface area contributed by atoms with Gasteiger partial charge in [-0.05, 0) is 36.8 Å². The molecule has 2 aromatic carbocycles. The van der Waals surface area contributed by atoms with Gasteiger partial charge in [-0.25, -0.2) is 0 Å². The molecule has 0 fully saturated rings. The molecule has 27 heavy (non-hydrogen) atoms. The Balaban J connectivity index is 1.66. The SMILES string of the molecule is Cc1cc(NC(=O)CNC(=O)c2cc3cccc([N+](=O)[O-])c3[nH]2)ccc1Br. The molecule has 138 valence electrons. The lowest BCUT2D eigenvalue weighted by molar-refractivity contribution is -0.383. The third kappa shape index (κ3) is 4.14. The van der Waals surface area contributed by atoms with Gasteiger partial charge in [-0.1, -0.05) is 28.1 Å². The third-order valence-electron chi connectivity index (χ3n) is 3.93. The van der Waals surface area contributed by atoms with Gasteiger partial charge in [-0.15, -0.1) is 0 Å². The van der Waals surface area contributed by atoms with Crippen molar-refractivity contribution < 1.29 is 14.5 Å². The highest BCUT2D eigenvalue weighted by atomic mass is 79.9. The first-order valence-corrected chi connectivity index (χ1v) is 8.75. The van der Waals surface area contributed by atoms with Crippen LogP contribution in [-0.4, -0.2) is 28.3 Å². The maximum absolute atomic E-state index is 12.3. The molecule has 0 bridgehead atoms. The number of nitrogens with one attached hydrogen (secondary N) is 3. The fraction of sp³-hybridized carbons (Fsp3) is 0.111. The van der Waals surface area contributed by atoms with Crippen molar-refractivity contribution in [2.75, 3.05) is 11.9 Å². The van der Waals surface area contributed by atoms with Crippen LogP contribution in [-0.2, 0) is 4.79 Å². The molecule has 0 aliphatic carbocycles. The van der Waals surface area contributed by atoms with E-state index >= 15 is 0 Å². The largest absolute Gasteiger partial charge is 0.345 e. The zero-order valence-corrected chi connectivity index (χ0v) is 15.8. The average Bonchev–Trinajstić information content (AvgIpc) is 3.07. The maximum Gasteiger partial charge on any atom is 0.293 e. The molecule has 1 heterocycles. The van der Waals surface area contributed by atoms with Crippen molar-refractivity contribution in [1.29, 1.82) is 0 Å². The Morgan fingerprint density at radius 1 is 1.22 bits per heavy atom. The van der Waals surface area contributed by atoms with Gasteiger partial charge in [0.25, 0.3) is 11.6 Å². The molecule has 3 N–H and O–H groups in total. The molecule has 2 amide bonds. The summed E-state index contributed by atoms with van der Waals surface area (Å²) < 4.78 is 0.932. The number of hydrogen-bond acceptors (Lipinski definition) is 4. The summed E-state index contributed by atoms with van der Waals surface area (Å²) in [5.41, 5.74) is 1.89. The number of nitrogens with zero attached hydrogens (tertiary/aromatic N) is 1. The standard InChI is InChI=1S/C18H15BrN4O4/c1-10-7-12(5-6-13(10)19)21-16(24)9-20-18(25)14-8-11-3-2-4-15(23(26)27)17(11)22-14/h2-8,22H,9H2,1H3,(H,20,25)(H,21,24). The second-order valence-electron chi connectivity index (χ2n) is 5.88. The molecule has 3 rings (SSSR count). The molecule has 0 radical (unpaired) electrons. The van der Waals surface area contributed by atoms with Gasteiger partial charge in [0, 0.05) is 21.6 Å². The molecule has 0 saturated heterocycles. The Morgan fingerprint density at radius 3 is 2.70 bits per heavy atom. The van der Waals surface area contributed by atoms with Gasteiger partial charge in [-0.2, -0.15) is 0 Å². The van der Waals surface area contributed by atoms with Gasteiger partial charge < -0.3 is 15.6 Å². The number of nitro groups is 1. The predicted molar refractivity (Wildman–Crippen MR) is 105 cm³/mol. The lowest BCUT2D eigenvalue weighted by Gasteiger charge is -2.08. The number of amides is 2. The second-order valence-corrected chi connectivity index (χ2v) is 6.73. The molecule has 3 aromatic rings. The molecule has 9 heteroatoms. The fourth-order valence-corrected chi connectivity index (χ4v) is 2.84. The molecule has 0 aliphatic heterocycles. The number of aryl methyl sites for hydroxylation is 1. The number of aromatic amines is 1. The number of non-ortho nitro benzene ring substituents is 1. The zero-order chi connectivity index (χ0) is 19.6. The van der Waals surface area contributed by atoms with Crippen LogP contribution >= 0.6 is 15.9 Å². The summed E-state index contributed by atoms with van der Waals surface area (Å²) in [5, 5.41) is 16.8. The molecular weight excluding hydrogens is 416 g/mol. The van der Waals surface area contributed by atoms with Crippen LogP contribution in [0.4, 0.5) is 11.4 Å². The van der Waals surface area contributed by atoms with E-state index in [0.717, 1.165) is 10.0 Å². The normalized spacial score (nSPS) is 10.6. The molecular formula is C18H15BrN4O4. The lowest BCUT2D eigenvalue weighted by Crippen LogP contribution is -2.33. The number of nitro benzene ring substituents is 1. The van der Waals surface area contributed by atoms with Crippen molar-refractivity contribution in [3.05, 3.63) is 68.3 Å². The van der Waals surface area contributed by atoms with Gasteiger partial charge in [0.15, 0.2) is 0 Å². The van der Waals surface area contributed by atoms with Gasteiger partial charge in [0.05, 0.1) is 11.5 Å². The van der Waals surface area contributed by atoms with Crippen molar-refractivity contribution in [1.82, 2.24) is 10.3 Å². The second kappa shape index (κ2) is 7.58. The van der Waals surface area contributed by atoms with Crippen molar-refractivity contribution in [2.45, 2.75) is 6.92 Å². The van der Waals surface area contributed by atoms with Crippen LogP contribution in [0.25, 0.3) is 10.9 Å². The summed E-state index contributed by atoms with van der Waals surface area (Å²) in [4.78, 5) is 37.6. The van der Waals surface area contributed by atoms with E-state index in [2.05, 4.69) is 31.5 Å². The zero-order valence-electron chi connectivity index (χ0n) is 14.2. The van der Waals surface area contributed by atoms with E-state index in [-0.39, 0.29) is 29.3 Å². The quantitative estimate of drug-likeness (QED) is 0.423. The predicted octanol–water partition coefficient (Wildman–Crippen LogP) is 3.52. The number of carbonyl (C=O) groups is 2. The molecule has 0 aliphatic rings. The van der Waals surface area contributed by atoms with E-state index in [1.807, 2.05) is 13.0 Å². The Kier molecular flexibility index (Phi) is 5.22. The topological polar surface area (TPSA) is 117 Å². The van der Waals surface area contributed by atoms with E-state index in [1.165, 1.54) is 12.1 Å². The number of rotatable bonds is 5. The highest BCUT2D eigenvalue weighted by Gasteiger charge is 2.17. The average molecular weight is 431 g/mol. The van der Waals surface area contributed by atoms with Gasteiger partial charge in [-0.3, -0.25) is 19.7 Å². The number of hydrogen-bond donors (Lipinski definition) is 3. The molecule has 0 spiro atoms. The van der Waals surface area contributed by atoms with E-state index in [0.29, 0.717) is 11.1 Å². The minimum absolute atomic E-state index is 0.116. The van der Waals surface area contributed by atoms with Gasteiger partial charge in [0.2, 0.25) is 5.91 Å². The summed E-state index contributed by atoms with van der Waals surface area (Å²) in [6.07, 6.45) is 0. The smallest absolute Gasteiger partial charge is 0.293 e. The molecule has 0 atom stereocenters. The number of aromatic nitrogens is 1. The van der Waals surface area contributed by atoms with E-state index < -0.39 is 10.8 Å². The summed E-state index contributed by atoms with van der Waals surface area (Å²) in [6, 6.07) is 11.4. The van der Waals surface area contributed by atoms with Crippen LogP contribution in [0.3, 0.4) is 0 Å². The lowest BCUT2D eigenvalue weighted by atomic mass is 10.2. The number of benzene rings is 2. The van der Waals surface area contributed by atoms with Crippen LogP contribution in [0.5, 0.6) is 0 Å². The number of halogens is 1. The first kappa shape index (κ1) is 18.6. The maximum atomic E-state index is 12.3. The van der Waals surface area contributed by atoms with Crippen molar-refractivity contribution >= 4 is 50.0 Å². The summed E-state index contributed by atoms with van der Waals surface area (Å²) in [5.74, 6) is -0.908. The van der Waals surface area contributed by atoms with Crippen LogP contribution in [0, 0.1) is 17.0 Å². The van der Waals surface area contributed by atoms with Crippen molar-refractivity contribution in [3.63, 3.8) is 0 Å². The van der Waals surface area contributed by atoms with Crippen LogP contribution in [0.15, 0.2) is 46.9 Å². The molecule has 0 unspecified atom stereocenters. The Labute approximate surface area is 162 Å². The van der Waals surface area contributed by atoms with Crippen molar-refractivity contribution in [3.8, 4) is 0 Å². The highest BCUT2D eigenvalue weighted by Crippen LogP contribution is 2.25. The first-order chi connectivity index (χ1) is 12.8. The molecule has 0 saturated carbocycles. The molecule has 1 aromatic heterocycles. The number of para-hydroxylation sites is 1. The fourth-order valence-electron chi connectivity index (χ4n) is 2.60. The summed E-state index contributed by atoms with van der Waals surface area (Å²) in [7, 11) is 0. The Hall–Kier alpha value is -3.20. The van der Waals surface area contributed by atoms with E-state index in [1.54, 1.807) is 24.3 Å². The summed E-state index contributed by atoms with van der Waals surface area (Å²) in [6.45, 7) is 1.67. The monoisotopic (exact) mass is 430 g/mol. The first-order valence-electron chi connectivity index (χ1n) is 7.95. The number of carbonyl (C=O) groups excluding carboxylic acids is 2. The highest BCUT2D eigenvalue weighted by molar-refractivity contribution is 9.10. The van der Waals surface area contributed by atoms with Crippen LogP contribution in [0.2, 0.25) is 0 Å². The Morgan fingerprint density at radius 2 is 2.00 bits per heavy atom. The minimum atomic E-state index is -0.525. The van der Waals surface area contributed by atoms with E-state index in [4.69, 9.17) is 0 Å². The van der Waals surface area contributed by atoms with Crippen molar-refractivity contribution in [2.24, 2.45) is 0 Å². The van der Waals surface area contributed by atoms with Crippen LogP contribution in [0.1, 0.15) is 16.1 Å². The summed E-state index contributed by atoms with van der Waals surface area (Å²) >= 11 is 3.38. The number of H-pyrrole nitrogens is 1.